The molecule has 1 N–H and O–H groups in total. The van der Waals surface area contributed by atoms with Crippen molar-refractivity contribution in [2.45, 2.75) is 33.2 Å². The number of hydrogen-bond donors (Lipinski definition) is 1. The van der Waals surface area contributed by atoms with Crippen LogP contribution in [-0.4, -0.2) is 60.4 Å². The van der Waals surface area contributed by atoms with Crippen molar-refractivity contribution < 1.29 is 19.4 Å². The van der Waals surface area contributed by atoms with E-state index >= 15 is 0 Å². The van der Waals surface area contributed by atoms with E-state index in [4.69, 9.17) is 4.74 Å². The molecule has 0 bridgehead atoms. The van der Waals surface area contributed by atoms with E-state index in [2.05, 4.69) is 13.8 Å². The van der Waals surface area contributed by atoms with Gasteiger partial charge < -0.3 is 19.6 Å². The third kappa shape index (κ3) is 5.22. The van der Waals surface area contributed by atoms with Gasteiger partial charge in [-0.05, 0) is 75.1 Å². The van der Waals surface area contributed by atoms with E-state index in [1.54, 1.807) is 17.0 Å². The molecule has 32 heavy (non-hydrogen) atoms. The van der Waals surface area contributed by atoms with E-state index in [9.17, 15) is 14.7 Å². The van der Waals surface area contributed by atoms with Crippen molar-refractivity contribution in [3.8, 4) is 5.75 Å². The summed E-state index contributed by atoms with van der Waals surface area (Å²) in [5, 5.41) is 13.2. The second-order valence-electron chi connectivity index (χ2n) is 8.85. The molecule has 1 aromatic carbocycles. The van der Waals surface area contributed by atoms with Crippen molar-refractivity contribution >= 4 is 28.8 Å². The van der Waals surface area contributed by atoms with E-state index in [0.29, 0.717) is 30.4 Å². The Hall–Kier alpha value is -2.64. The summed E-state index contributed by atoms with van der Waals surface area (Å²) in [7, 11) is 3.95. The van der Waals surface area contributed by atoms with Crippen LogP contribution in [0.1, 0.15) is 42.3 Å². The van der Waals surface area contributed by atoms with Crippen LogP contribution in [0.3, 0.4) is 0 Å². The lowest BCUT2D eigenvalue weighted by Crippen LogP contribution is -2.32. The molecule has 0 aliphatic carbocycles. The van der Waals surface area contributed by atoms with Crippen LogP contribution in [0.2, 0.25) is 0 Å². The molecular formula is C25H32N2O4S. The number of aliphatic hydroxyl groups is 1. The fourth-order valence-corrected chi connectivity index (χ4v) is 4.66. The molecule has 6 nitrogen and oxygen atoms in total. The van der Waals surface area contributed by atoms with Gasteiger partial charge in [-0.15, -0.1) is 11.3 Å². The highest BCUT2D eigenvalue weighted by Crippen LogP contribution is 2.41. The first-order valence-corrected chi connectivity index (χ1v) is 11.8. The Kier molecular flexibility index (Phi) is 7.74. The summed E-state index contributed by atoms with van der Waals surface area (Å²) in [5.74, 6) is -0.211. The summed E-state index contributed by atoms with van der Waals surface area (Å²) in [5.41, 5.74) is 1.48. The monoisotopic (exact) mass is 456 g/mol. The average Bonchev–Trinajstić information content (AvgIpc) is 3.34. The normalized spacial score (nSPS) is 18.2. The van der Waals surface area contributed by atoms with Gasteiger partial charge in [-0.2, -0.15) is 0 Å². The summed E-state index contributed by atoms with van der Waals surface area (Å²) < 4.78 is 5.78. The molecule has 0 radical (unpaired) electrons. The lowest BCUT2D eigenvalue weighted by atomic mass is 9.97. The van der Waals surface area contributed by atoms with Crippen LogP contribution in [0, 0.1) is 12.8 Å². The first-order chi connectivity index (χ1) is 15.2. The summed E-state index contributed by atoms with van der Waals surface area (Å²) in [4.78, 5) is 30.5. The fourth-order valence-electron chi connectivity index (χ4n) is 3.81. The van der Waals surface area contributed by atoms with Gasteiger partial charge >= 0.3 is 0 Å². The lowest BCUT2D eigenvalue weighted by molar-refractivity contribution is -0.139. The minimum Gasteiger partial charge on any atom is -0.507 e. The molecule has 1 fully saturated rings. The highest BCUT2D eigenvalue weighted by molar-refractivity contribution is 7.10. The number of ether oxygens (including phenoxy) is 1. The Bertz CT molecular complexity index is 995. The molecule has 2 heterocycles. The molecule has 1 amide bonds. The quantitative estimate of drug-likeness (QED) is 0.343. The fraction of sp³-hybridized carbons (Fsp3) is 0.440. The number of rotatable bonds is 9. The van der Waals surface area contributed by atoms with Gasteiger partial charge in [0, 0.05) is 17.0 Å². The van der Waals surface area contributed by atoms with E-state index in [-0.39, 0.29) is 11.3 Å². The number of Topliss-reactive ketones (excluding diaryl/α,β-unsaturated/α-hetero) is 1. The number of carbonyl (C=O) groups excluding carboxylic acids is 2. The number of likely N-dealkylation sites (tertiary alicyclic amines) is 1. The molecule has 7 heteroatoms. The number of thiophene rings is 1. The van der Waals surface area contributed by atoms with Gasteiger partial charge in [0.05, 0.1) is 18.2 Å². The number of benzene rings is 1. The maximum atomic E-state index is 13.0. The van der Waals surface area contributed by atoms with Gasteiger partial charge in [0.2, 0.25) is 0 Å². The van der Waals surface area contributed by atoms with Crippen LogP contribution >= 0.6 is 11.3 Å². The maximum Gasteiger partial charge on any atom is 0.295 e. The van der Waals surface area contributed by atoms with Crippen LogP contribution < -0.4 is 4.74 Å². The Labute approximate surface area is 194 Å². The molecule has 3 rings (SSSR count). The molecule has 2 aromatic rings. The number of ketones is 1. The summed E-state index contributed by atoms with van der Waals surface area (Å²) in [6, 6.07) is 8.62. The van der Waals surface area contributed by atoms with E-state index < -0.39 is 17.7 Å². The van der Waals surface area contributed by atoms with E-state index in [1.807, 2.05) is 49.5 Å². The number of amides is 1. The summed E-state index contributed by atoms with van der Waals surface area (Å²) in [6.07, 6.45) is 0.739. The summed E-state index contributed by atoms with van der Waals surface area (Å²) >= 11 is 1.48. The molecule has 1 aromatic heterocycles. The minimum atomic E-state index is -0.634. The molecule has 1 saturated heterocycles. The Morgan fingerprint density at radius 3 is 2.59 bits per heavy atom. The van der Waals surface area contributed by atoms with Gasteiger partial charge in [-0.25, -0.2) is 0 Å². The van der Waals surface area contributed by atoms with Crippen molar-refractivity contribution in [2.24, 2.45) is 5.92 Å². The Balaban J connectivity index is 1.99. The van der Waals surface area contributed by atoms with Crippen molar-refractivity contribution in [3.63, 3.8) is 0 Å². The number of hydrogen-bond acceptors (Lipinski definition) is 6. The molecule has 1 aliphatic rings. The third-order valence-corrected chi connectivity index (χ3v) is 6.32. The largest absolute Gasteiger partial charge is 0.507 e. The van der Waals surface area contributed by atoms with Crippen molar-refractivity contribution in [2.75, 3.05) is 33.8 Å². The predicted molar refractivity (Wildman–Crippen MR) is 128 cm³/mol. The van der Waals surface area contributed by atoms with Crippen LogP contribution in [0.15, 0.2) is 41.3 Å². The zero-order valence-electron chi connectivity index (χ0n) is 19.4. The number of aliphatic hydroxyl groups excluding tert-OH is 1. The zero-order valence-corrected chi connectivity index (χ0v) is 20.2. The van der Waals surface area contributed by atoms with Gasteiger partial charge in [0.25, 0.3) is 11.7 Å². The molecule has 1 aliphatic heterocycles. The van der Waals surface area contributed by atoms with Crippen LogP contribution in [0.5, 0.6) is 5.75 Å². The summed E-state index contributed by atoms with van der Waals surface area (Å²) in [6.45, 7) is 7.87. The number of aryl methyl sites for hydroxylation is 1. The SMILES string of the molecule is Cc1cc(OCC(C)C)ccc1C(O)=C1C(=O)C(=O)N(CCCN(C)C)[C@H]1c1cccs1. The maximum absolute atomic E-state index is 13.0. The van der Waals surface area contributed by atoms with E-state index in [0.717, 1.165) is 23.4 Å². The van der Waals surface area contributed by atoms with Gasteiger partial charge in [0.1, 0.15) is 11.5 Å². The van der Waals surface area contributed by atoms with Crippen LogP contribution in [0.25, 0.3) is 5.76 Å². The molecule has 0 saturated carbocycles. The average molecular weight is 457 g/mol. The second kappa shape index (κ2) is 10.3. The number of nitrogens with zero attached hydrogens (tertiary/aromatic N) is 2. The van der Waals surface area contributed by atoms with Crippen molar-refractivity contribution in [1.29, 1.82) is 0 Å². The van der Waals surface area contributed by atoms with Crippen LogP contribution in [-0.2, 0) is 9.59 Å². The highest BCUT2D eigenvalue weighted by Gasteiger charge is 2.46. The second-order valence-corrected chi connectivity index (χ2v) is 9.83. The molecule has 0 unspecified atom stereocenters. The van der Waals surface area contributed by atoms with Gasteiger partial charge in [-0.3, -0.25) is 9.59 Å². The van der Waals surface area contributed by atoms with Crippen molar-refractivity contribution in [1.82, 2.24) is 9.80 Å². The van der Waals surface area contributed by atoms with Gasteiger partial charge in [0.15, 0.2) is 0 Å². The zero-order chi connectivity index (χ0) is 23.4. The molecular weight excluding hydrogens is 424 g/mol. The number of carbonyl (C=O) groups is 2. The van der Waals surface area contributed by atoms with E-state index in [1.165, 1.54) is 11.3 Å². The lowest BCUT2D eigenvalue weighted by Gasteiger charge is -2.24. The third-order valence-electron chi connectivity index (χ3n) is 5.39. The minimum absolute atomic E-state index is 0.134. The topological polar surface area (TPSA) is 70.1 Å². The van der Waals surface area contributed by atoms with Crippen LogP contribution in [0.4, 0.5) is 0 Å². The Morgan fingerprint density at radius 2 is 2.00 bits per heavy atom. The first-order valence-electron chi connectivity index (χ1n) is 10.9. The molecule has 172 valence electrons. The Morgan fingerprint density at radius 1 is 1.25 bits per heavy atom. The predicted octanol–water partition coefficient (Wildman–Crippen LogP) is 4.46. The first kappa shape index (κ1) is 24.0. The standard InChI is InChI=1S/C25H32N2O4S/c1-16(2)15-31-18-9-10-19(17(3)14-18)23(28)21-22(20-8-6-13-32-20)27(25(30)24(21)29)12-7-11-26(4)5/h6,8-10,13-14,16,22,28H,7,11-12,15H2,1-5H3/t22-/m0/s1. The molecule has 1 atom stereocenters. The smallest absolute Gasteiger partial charge is 0.295 e. The van der Waals surface area contributed by atoms with Gasteiger partial charge in [-0.1, -0.05) is 19.9 Å². The highest BCUT2D eigenvalue weighted by atomic mass is 32.1. The van der Waals surface area contributed by atoms with Crippen molar-refractivity contribution in [3.05, 3.63) is 57.3 Å². The molecule has 0 spiro atoms.